The number of carboxylic acids is 1. The number of ether oxygens (including phenoxy) is 1. The van der Waals surface area contributed by atoms with Crippen LogP contribution in [0.25, 0.3) is 0 Å². The summed E-state index contributed by atoms with van der Waals surface area (Å²) >= 11 is 0. The molecule has 0 fully saturated rings. The molecular weight excluding hydrogens is 326 g/mol. The van der Waals surface area contributed by atoms with E-state index in [1.807, 2.05) is 6.07 Å². The topological polar surface area (TPSA) is 119 Å². The predicted octanol–water partition coefficient (Wildman–Crippen LogP) is 1.12. The summed E-state index contributed by atoms with van der Waals surface area (Å²) in [5.74, 6) is -1.24. The van der Waals surface area contributed by atoms with Gasteiger partial charge in [-0.25, -0.2) is 9.59 Å². The smallest absolute Gasteiger partial charge is 0.408 e. The minimum atomic E-state index is -3.56. The van der Waals surface area contributed by atoms with Crippen molar-refractivity contribution in [1.29, 1.82) is 0 Å². The lowest BCUT2D eigenvalue weighted by Gasteiger charge is -2.14. The molecule has 1 amide bonds. The maximum absolute atomic E-state index is 11.6. The Kier molecular flexibility index (Phi) is 7.49. The number of nitrogens with one attached hydrogen (secondary N) is 1. The standard InChI is InChI=1S/C14H19NO7S/c1-23(19,20)22-9-5-8-12(13(16)17)15-14(18)21-10-11-6-3-2-4-7-11/h2-4,6-7,12H,5,8-10H2,1H3,(H,15,18)(H,16,17)/t12-/m0/s1. The SMILES string of the molecule is CS(=O)(=O)OCCC[C@H](NC(=O)OCc1ccccc1)C(=O)O. The third kappa shape index (κ3) is 8.79. The Morgan fingerprint density at radius 2 is 1.91 bits per heavy atom. The Hall–Kier alpha value is -2.13. The van der Waals surface area contributed by atoms with Gasteiger partial charge in [0.05, 0.1) is 12.9 Å². The molecule has 9 heteroatoms. The average Bonchev–Trinajstić information content (AvgIpc) is 2.48. The van der Waals surface area contributed by atoms with Gasteiger partial charge in [-0.3, -0.25) is 4.18 Å². The van der Waals surface area contributed by atoms with Crippen LogP contribution in [0.4, 0.5) is 4.79 Å². The van der Waals surface area contributed by atoms with Gasteiger partial charge >= 0.3 is 12.1 Å². The van der Waals surface area contributed by atoms with Crippen LogP contribution in [0.1, 0.15) is 18.4 Å². The van der Waals surface area contributed by atoms with Crippen molar-refractivity contribution >= 4 is 22.2 Å². The van der Waals surface area contributed by atoms with Crippen LogP contribution < -0.4 is 5.32 Å². The molecule has 0 radical (unpaired) electrons. The first-order chi connectivity index (χ1) is 10.8. The second-order valence-corrected chi connectivity index (χ2v) is 6.41. The fourth-order valence-electron chi connectivity index (χ4n) is 1.66. The summed E-state index contributed by atoms with van der Waals surface area (Å²) in [5, 5.41) is 11.3. The molecule has 0 aromatic heterocycles. The van der Waals surface area contributed by atoms with E-state index in [-0.39, 0.29) is 26.1 Å². The van der Waals surface area contributed by atoms with Crippen LogP contribution in [0.3, 0.4) is 0 Å². The van der Waals surface area contributed by atoms with E-state index in [0.29, 0.717) is 0 Å². The van der Waals surface area contributed by atoms with Gasteiger partial charge in [0.1, 0.15) is 12.6 Å². The van der Waals surface area contributed by atoms with Gasteiger partial charge in [-0.2, -0.15) is 8.42 Å². The molecule has 1 rings (SSSR count). The van der Waals surface area contributed by atoms with Gasteiger partial charge < -0.3 is 15.2 Å². The molecule has 1 atom stereocenters. The Labute approximate surface area is 134 Å². The van der Waals surface area contributed by atoms with Crippen LogP contribution in [0, 0.1) is 0 Å². The van der Waals surface area contributed by atoms with Crippen LogP contribution in [0.2, 0.25) is 0 Å². The molecule has 0 saturated carbocycles. The molecule has 23 heavy (non-hydrogen) atoms. The number of alkyl carbamates (subject to hydrolysis) is 1. The number of rotatable bonds is 9. The zero-order chi connectivity index (χ0) is 17.3. The molecule has 1 aromatic rings. The molecule has 0 aliphatic rings. The number of aliphatic carboxylic acids is 1. The number of benzene rings is 1. The minimum Gasteiger partial charge on any atom is -0.480 e. The molecule has 0 heterocycles. The lowest BCUT2D eigenvalue weighted by molar-refractivity contribution is -0.139. The van der Waals surface area contributed by atoms with Crippen LogP contribution in [-0.2, 0) is 30.4 Å². The fraction of sp³-hybridized carbons (Fsp3) is 0.429. The highest BCUT2D eigenvalue weighted by molar-refractivity contribution is 7.85. The van der Waals surface area contributed by atoms with E-state index in [4.69, 9.17) is 9.84 Å². The van der Waals surface area contributed by atoms with Gasteiger partial charge in [-0.1, -0.05) is 30.3 Å². The van der Waals surface area contributed by atoms with E-state index in [9.17, 15) is 18.0 Å². The average molecular weight is 345 g/mol. The highest BCUT2D eigenvalue weighted by atomic mass is 32.2. The van der Waals surface area contributed by atoms with Crippen molar-refractivity contribution in [2.75, 3.05) is 12.9 Å². The highest BCUT2D eigenvalue weighted by Gasteiger charge is 2.20. The Morgan fingerprint density at radius 1 is 1.26 bits per heavy atom. The van der Waals surface area contributed by atoms with E-state index < -0.39 is 28.2 Å². The number of hydrogen-bond donors (Lipinski definition) is 2. The minimum absolute atomic E-state index is 0.0191. The molecule has 0 saturated heterocycles. The summed E-state index contributed by atoms with van der Waals surface area (Å²) in [6.07, 6.45) is 0.222. The Morgan fingerprint density at radius 3 is 2.48 bits per heavy atom. The van der Waals surface area contributed by atoms with E-state index >= 15 is 0 Å². The number of carbonyl (C=O) groups is 2. The predicted molar refractivity (Wildman–Crippen MR) is 81.2 cm³/mol. The van der Waals surface area contributed by atoms with Crippen LogP contribution >= 0.6 is 0 Å². The monoisotopic (exact) mass is 345 g/mol. The first-order valence-electron chi connectivity index (χ1n) is 6.82. The van der Waals surface area contributed by atoms with Crippen molar-refractivity contribution in [2.45, 2.75) is 25.5 Å². The summed E-state index contributed by atoms with van der Waals surface area (Å²) in [4.78, 5) is 22.7. The number of amides is 1. The highest BCUT2D eigenvalue weighted by Crippen LogP contribution is 2.03. The first-order valence-corrected chi connectivity index (χ1v) is 8.64. The third-order valence-electron chi connectivity index (χ3n) is 2.74. The van der Waals surface area contributed by atoms with Crippen molar-refractivity contribution in [3.05, 3.63) is 35.9 Å². The first kappa shape index (κ1) is 18.9. The molecule has 1 aromatic carbocycles. The van der Waals surface area contributed by atoms with Crippen molar-refractivity contribution in [1.82, 2.24) is 5.32 Å². The lowest BCUT2D eigenvalue weighted by Crippen LogP contribution is -2.41. The van der Waals surface area contributed by atoms with Gasteiger partial charge in [-0.15, -0.1) is 0 Å². The van der Waals surface area contributed by atoms with Crippen molar-refractivity contribution in [2.24, 2.45) is 0 Å². The van der Waals surface area contributed by atoms with Crippen LogP contribution in [0.5, 0.6) is 0 Å². The third-order valence-corrected chi connectivity index (χ3v) is 3.33. The summed E-state index contributed by atoms with van der Waals surface area (Å²) in [6, 6.07) is 7.76. The van der Waals surface area contributed by atoms with E-state index in [0.717, 1.165) is 11.8 Å². The normalized spacial score (nSPS) is 12.4. The van der Waals surface area contributed by atoms with Crippen LogP contribution in [-0.4, -0.2) is 44.5 Å². The van der Waals surface area contributed by atoms with Gasteiger partial charge in [0.25, 0.3) is 10.1 Å². The number of hydrogen-bond acceptors (Lipinski definition) is 6. The van der Waals surface area contributed by atoms with Gasteiger partial charge in [0.15, 0.2) is 0 Å². The lowest BCUT2D eigenvalue weighted by atomic mass is 10.1. The molecule has 0 bridgehead atoms. The molecule has 0 aliphatic heterocycles. The number of carboxylic acid groups (broad SMARTS) is 1. The van der Waals surface area contributed by atoms with Crippen molar-refractivity contribution in [3.8, 4) is 0 Å². The molecular formula is C14H19NO7S. The van der Waals surface area contributed by atoms with Gasteiger partial charge in [-0.05, 0) is 18.4 Å². The molecule has 128 valence electrons. The van der Waals surface area contributed by atoms with E-state index in [2.05, 4.69) is 9.50 Å². The second-order valence-electron chi connectivity index (χ2n) is 4.77. The van der Waals surface area contributed by atoms with Gasteiger partial charge in [0.2, 0.25) is 0 Å². The second kappa shape index (κ2) is 9.11. The molecule has 0 unspecified atom stereocenters. The maximum atomic E-state index is 11.6. The van der Waals surface area contributed by atoms with Crippen molar-refractivity contribution in [3.63, 3.8) is 0 Å². The molecule has 2 N–H and O–H groups in total. The van der Waals surface area contributed by atoms with E-state index in [1.165, 1.54) is 0 Å². The van der Waals surface area contributed by atoms with Gasteiger partial charge in [0, 0.05) is 0 Å². The van der Waals surface area contributed by atoms with Crippen molar-refractivity contribution < 1.29 is 32.0 Å². The quantitative estimate of drug-likeness (QED) is 0.508. The summed E-state index contributed by atoms with van der Waals surface area (Å²) in [7, 11) is -3.56. The van der Waals surface area contributed by atoms with Crippen LogP contribution in [0.15, 0.2) is 30.3 Å². The Balaban J connectivity index is 2.36. The number of carbonyl (C=O) groups excluding carboxylic acids is 1. The maximum Gasteiger partial charge on any atom is 0.408 e. The molecule has 0 spiro atoms. The Bertz CT molecular complexity index is 615. The zero-order valence-corrected chi connectivity index (χ0v) is 13.4. The summed E-state index contributed by atoms with van der Waals surface area (Å²) in [5.41, 5.74) is 0.774. The largest absolute Gasteiger partial charge is 0.480 e. The summed E-state index contributed by atoms with van der Waals surface area (Å²) < 4.78 is 31.0. The summed E-state index contributed by atoms with van der Waals surface area (Å²) in [6.45, 7) is -0.125. The van der Waals surface area contributed by atoms with E-state index in [1.54, 1.807) is 24.3 Å². The zero-order valence-electron chi connectivity index (χ0n) is 12.6. The fourth-order valence-corrected chi connectivity index (χ4v) is 2.08. The molecule has 0 aliphatic carbocycles. The molecule has 8 nitrogen and oxygen atoms in total.